The van der Waals surface area contributed by atoms with Gasteiger partial charge in [0.2, 0.25) is 0 Å². The Morgan fingerprint density at radius 2 is 1.71 bits per heavy atom. The molecule has 2 aromatic carbocycles. The summed E-state index contributed by atoms with van der Waals surface area (Å²) < 4.78 is 58.6. The van der Waals surface area contributed by atoms with Crippen molar-refractivity contribution in [2.24, 2.45) is 0 Å². The fraction of sp³-hybridized carbons (Fsp3) is 0.250. The van der Waals surface area contributed by atoms with Gasteiger partial charge < -0.3 is 14.8 Å². The van der Waals surface area contributed by atoms with Gasteiger partial charge in [0.05, 0.1) is 17.0 Å². The molecular formula is C20H15F4N3O7. The number of nitro benzene ring substituents is 1. The molecule has 1 atom stereocenters. The number of nitrogens with one attached hydrogen (secondary N) is 1. The summed E-state index contributed by atoms with van der Waals surface area (Å²) in [5, 5.41) is 13.2. The third-order valence-corrected chi connectivity index (χ3v) is 4.93. The lowest BCUT2D eigenvalue weighted by molar-refractivity contribution is -0.384. The minimum atomic E-state index is -3.41. The Morgan fingerprint density at radius 1 is 1.09 bits per heavy atom. The lowest BCUT2D eigenvalue weighted by Gasteiger charge is -2.22. The van der Waals surface area contributed by atoms with Crippen molar-refractivity contribution >= 4 is 23.4 Å². The van der Waals surface area contributed by atoms with E-state index in [1.807, 2.05) is 0 Å². The first-order valence-corrected chi connectivity index (χ1v) is 9.38. The number of Topliss-reactive ketones (excluding diaryl/α,β-unsaturated/α-hetero) is 1. The first kappa shape index (κ1) is 24.4. The van der Waals surface area contributed by atoms with Crippen LogP contribution < -0.4 is 14.8 Å². The maximum absolute atomic E-state index is 13.0. The maximum atomic E-state index is 13.0. The Bertz CT molecular complexity index is 1140. The van der Waals surface area contributed by atoms with Gasteiger partial charge in [-0.25, -0.2) is 4.79 Å². The van der Waals surface area contributed by atoms with Crippen LogP contribution in [0.1, 0.15) is 22.8 Å². The van der Waals surface area contributed by atoms with Gasteiger partial charge in [-0.2, -0.15) is 17.6 Å². The van der Waals surface area contributed by atoms with Crippen molar-refractivity contribution in [2.75, 3.05) is 6.54 Å². The number of nitrogens with zero attached hydrogens (tertiary/aromatic N) is 2. The molecule has 0 spiro atoms. The van der Waals surface area contributed by atoms with E-state index in [0.29, 0.717) is 11.0 Å². The van der Waals surface area contributed by atoms with Crippen molar-refractivity contribution in [3.05, 3.63) is 63.7 Å². The van der Waals surface area contributed by atoms with Crippen LogP contribution in [-0.4, -0.2) is 47.3 Å². The van der Waals surface area contributed by atoms with Crippen molar-refractivity contribution in [3.8, 4) is 11.5 Å². The molecule has 1 aliphatic heterocycles. The number of hydrogen-bond donors (Lipinski definition) is 1. The first-order chi connectivity index (χ1) is 15.9. The third-order valence-electron chi connectivity index (χ3n) is 4.93. The Balaban J connectivity index is 1.85. The summed E-state index contributed by atoms with van der Waals surface area (Å²) in [5.41, 5.74) is -2.22. The summed E-state index contributed by atoms with van der Waals surface area (Å²) in [6.07, 6.45) is 0. The number of halogens is 4. The van der Waals surface area contributed by atoms with Crippen LogP contribution in [0.15, 0.2) is 42.5 Å². The molecule has 180 valence electrons. The molecule has 2 aromatic rings. The summed E-state index contributed by atoms with van der Waals surface area (Å²) in [7, 11) is 0. The van der Waals surface area contributed by atoms with Gasteiger partial charge in [0.15, 0.2) is 5.78 Å². The summed E-state index contributed by atoms with van der Waals surface area (Å²) in [4.78, 5) is 48.8. The molecule has 14 heteroatoms. The number of alkyl halides is 4. The van der Waals surface area contributed by atoms with Crippen molar-refractivity contribution in [2.45, 2.75) is 25.7 Å². The maximum Gasteiger partial charge on any atom is 0.387 e. The second kappa shape index (κ2) is 9.33. The van der Waals surface area contributed by atoms with E-state index in [-0.39, 0.29) is 11.3 Å². The van der Waals surface area contributed by atoms with E-state index in [1.165, 1.54) is 19.1 Å². The van der Waals surface area contributed by atoms with Crippen molar-refractivity contribution in [1.29, 1.82) is 0 Å². The van der Waals surface area contributed by atoms with Crippen molar-refractivity contribution < 1.29 is 46.3 Å². The smallest absolute Gasteiger partial charge is 0.387 e. The lowest BCUT2D eigenvalue weighted by Crippen LogP contribution is -2.41. The highest BCUT2D eigenvalue weighted by Crippen LogP contribution is 2.32. The van der Waals surface area contributed by atoms with E-state index >= 15 is 0 Å². The highest BCUT2D eigenvalue weighted by molar-refractivity contribution is 6.11. The highest BCUT2D eigenvalue weighted by Gasteiger charge is 2.49. The number of hydrogen-bond acceptors (Lipinski definition) is 7. The van der Waals surface area contributed by atoms with Gasteiger partial charge in [-0.05, 0) is 36.8 Å². The molecule has 1 heterocycles. The monoisotopic (exact) mass is 485 g/mol. The number of carbonyl (C=O) groups is 3. The zero-order valence-corrected chi connectivity index (χ0v) is 17.2. The minimum Gasteiger partial charge on any atom is -0.435 e. The number of urea groups is 1. The van der Waals surface area contributed by atoms with Crippen LogP contribution in [0, 0.1) is 10.1 Å². The van der Waals surface area contributed by atoms with E-state index in [2.05, 4.69) is 14.8 Å². The van der Waals surface area contributed by atoms with Gasteiger partial charge in [0, 0.05) is 18.2 Å². The number of ether oxygens (including phenoxy) is 2. The van der Waals surface area contributed by atoms with Gasteiger partial charge in [0.1, 0.15) is 17.0 Å². The van der Waals surface area contributed by atoms with E-state index in [9.17, 15) is 42.1 Å². The number of amides is 3. The summed E-state index contributed by atoms with van der Waals surface area (Å²) >= 11 is 0. The lowest BCUT2D eigenvalue weighted by atomic mass is 9.92. The largest absolute Gasteiger partial charge is 0.435 e. The summed E-state index contributed by atoms with van der Waals surface area (Å²) in [5.74, 6) is -3.23. The average Bonchev–Trinajstić information content (AvgIpc) is 2.97. The zero-order valence-electron chi connectivity index (χ0n) is 17.2. The molecule has 0 aromatic heterocycles. The fourth-order valence-electron chi connectivity index (χ4n) is 3.28. The van der Waals surface area contributed by atoms with E-state index in [0.717, 1.165) is 24.3 Å². The number of benzene rings is 2. The summed E-state index contributed by atoms with van der Waals surface area (Å²) in [6.45, 7) is -6.23. The van der Waals surface area contributed by atoms with Gasteiger partial charge >= 0.3 is 19.3 Å². The quantitative estimate of drug-likeness (QED) is 0.189. The van der Waals surface area contributed by atoms with Crippen LogP contribution in [0.4, 0.5) is 28.0 Å². The van der Waals surface area contributed by atoms with Gasteiger partial charge in [-0.1, -0.05) is 0 Å². The topological polar surface area (TPSA) is 128 Å². The molecule has 1 fully saturated rings. The Morgan fingerprint density at radius 3 is 2.26 bits per heavy atom. The molecule has 0 saturated carbocycles. The number of rotatable bonds is 9. The second-order valence-corrected chi connectivity index (χ2v) is 7.09. The Hall–Kier alpha value is -4.23. The second-order valence-electron chi connectivity index (χ2n) is 7.09. The van der Waals surface area contributed by atoms with Crippen molar-refractivity contribution in [3.63, 3.8) is 0 Å². The van der Waals surface area contributed by atoms with Gasteiger partial charge in [-0.15, -0.1) is 0 Å². The predicted octanol–water partition coefficient (Wildman–Crippen LogP) is 3.45. The molecule has 1 aliphatic rings. The van der Waals surface area contributed by atoms with Crippen LogP contribution in [-0.2, 0) is 10.3 Å². The molecule has 3 amide bonds. The molecule has 0 unspecified atom stereocenters. The molecule has 34 heavy (non-hydrogen) atoms. The number of nitro groups is 1. The standard InChI is InChI=1S/C20H15F4N3O7/c1-20(10-2-4-11(5-3-10)27(31)32)16(29)26(19(30)25-20)9-14(28)13-7-6-12(33-17(21)22)8-15(13)34-18(23)24/h2-8,17-18H,9H2,1H3,(H,25,30)/t20-/m0/s1. The third kappa shape index (κ3) is 4.89. The summed E-state index contributed by atoms with van der Waals surface area (Å²) in [6, 6.07) is 6.24. The normalized spacial score (nSPS) is 17.8. The van der Waals surface area contributed by atoms with Gasteiger partial charge in [-0.3, -0.25) is 24.6 Å². The van der Waals surface area contributed by atoms with Gasteiger partial charge in [0.25, 0.3) is 11.6 Å². The highest BCUT2D eigenvalue weighted by atomic mass is 19.3. The Labute approximate surface area is 188 Å². The molecule has 1 saturated heterocycles. The SMILES string of the molecule is C[C@@]1(c2ccc([N+](=O)[O-])cc2)NC(=O)N(CC(=O)c2ccc(OC(F)F)cc2OC(F)F)C1=O. The van der Waals surface area contributed by atoms with E-state index in [4.69, 9.17) is 0 Å². The van der Waals surface area contributed by atoms with Crippen LogP contribution in [0.3, 0.4) is 0 Å². The number of carbonyl (C=O) groups excluding carboxylic acids is 3. The molecule has 0 radical (unpaired) electrons. The van der Waals surface area contributed by atoms with Crippen LogP contribution in [0.2, 0.25) is 0 Å². The molecule has 3 rings (SSSR count). The molecular weight excluding hydrogens is 470 g/mol. The Kier molecular flexibility index (Phi) is 6.70. The number of imide groups is 1. The van der Waals surface area contributed by atoms with Crippen LogP contribution in [0.5, 0.6) is 11.5 Å². The van der Waals surface area contributed by atoms with E-state index in [1.54, 1.807) is 0 Å². The molecule has 0 bridgehead atoms. The number of non-ortho nitro benzene ring substituents is 1. The van der Waals surface area contributed by atoms with Crippen LogP contribution in [0.25, 0.3) is 0 Å². The average molecular weight is 485 g/mol. The van der Waals surface area contributed by atoms with Crippen LogP contribution >= 0.6 is 0 Å². The molecule has 1 N–H and O–H groups in total. The molecule has 0 aliphatic carbocycles. The first-order valence-electron chi connectivity index (χ1n) is 9.38. The predicted molar refractivity (Wildman–Crippen MR) is 105 cm³/mol. The number of ketones is 1. The van der Waals surface area contributed by atoms with Crippen molar-refractivity contribution in [1.82, 2.24) is 10.2 Å². The fourth-order valence-corrected chi connectivity index (χ4v) is 3.28. The van der Waals surface area contributed by atoms with E-state index < -0.39 is 65.0 Å². The molecule has 10 nitrogen and oxygen atoms in total. The minimum absolute atomic E-state index is 0.196. The zero-order chi connectivity index (χ0) is 25.2.